The Morgan fingerprint density at radius 1 is 1.25 bits per heavy atom. The summed E-state index contributed by atoms with van der Waals surface area (Å²) in [4.78, 5) is 28.3. The Balaban J connectivity index is 1.98. The minimum atomic E-state index is -1.01. The van der Waals surface area contributed by atoms with E-state index in [1.807, 2.05) is 0 Å². The summed E-state index contributed by atoms with van der Waals surface area (Å²) >= 11 is 0. The first kappa shape index (κ1) is 12.9. The zero-order valence-electron chi connectivity index (χ0n) is 11.1. The first-order chi connectivity index (χ1) is 9.66. The second-order valence-corrected chi connectivity index (χ2v) is 5.14. The second-order valence-electron chi connectivity index (χ2n) is 5.14. The Bertz CT molecular complexity index is 695. The Kier molecular flexibility index (Phi) is 3.31. The molecule has 1 fully saturated rings. The van der Waals surface area contributed by atoms with Crippen LogP contribution in [0.2, 0.25) is 0 Å². The molecule has 0 spiro atoms. The predicted molar refractivity (Wildman–Crippen MR) is 75.2 cm³/mol. The number of rotatable bonds is 4. The summed E-state index contributed by atoms with van der Waals surface area (Å²) in [6.45, 7) is 3.41. The van der Waals surface area contributed by atoms with Crippen LogP contribution in [0.1, 0.15) is 23.2 Å². The molecule has 3 rings (SSSR count). The topological polar surface area (TPSA) is 78.3 Å². The van der Waals surface area contributed by atoms with Crippen molar-refractivity contribution in [3.05, 3.63) is 34.2 Å². The lowest BCUT2D eigenvalue weighted by Crippen LogP contribution is -2.28. The molecule has 0 aliphatic carbocycles. The van der Waals surface area contributed by atoms with Crippen LogP contribution in [-0.2, 0) is 6.54 Å². The van der Waals surface area contributed by atoms with E-state index < -0.39 is 5.97 Å². The highest BCUT2D eigenvalue weighted by molar-refractivity contribution is 6.01. The van der Waals surface area contributed by atoms with Crippen LogP contribution in [0.15, 0.2) is 23.0 Å². The second kappa shape index (κ2) is 5.13. The van der Waals surface area contributed by atoms with Crippen molar-refractivity contribution in [1.29, 1.82) is 0 Å². The SMILES string of the molecule is O=C(O)c1cccc2[nH]c(=O)n(CCN3CCCC3)c12. The quantitative estimate of drug-likeness (QED) is 0.876. The number of carboxylic acid groups (broad SMARTS) is 1. The van der Waals surface area contributed by atoms with Crippen LogP contribution in [0.25, 0.3) is 11.0 Å². The number of fused-ring (bicyclic) bond motifs is 1. The maximum atomic E-state index is 12.0. The van der Waals surface area contributed by atoms with Crippen molar-refractivity contribution in [2.24, 2.45) is 0 Å². The van der Waals surface area contributed by atoms with Gasteiger partial charge < -0.3 is 15.0 Å². The van der Waals surface area contributed by atoms with Gasteiger partial charge in [-0.2, -0.15) is 0 Å². The minimum Gasteiger partial charge on any atom is -0.478 e. The van der Waals surface area contributed by atoms with Crippen molar-refractivity contribution in [3.63, 3.8) is 0 Å². The maximum absolute atomic E-state index is 12.0. The Labute approximate surface area is 115 Å². The molecular formula is C14H17N3O3. The number of para-hydroxylation sites is 1. The number of imidazole rings is 1. The summed E-state index contributed by atoms with van der Waals surface area (Å²) in [6.07, 6.45) is 2.40. The molecule has 1 saturated heterocycles. The van der Waals surface area contributed by atoms with Crippen LogP contribution >= 0.6 is 0 Å². The van der Waals surface area contributed by atoms with E-state index in [1.165, 1.54) is 23.5 Å². The number of aromatic amines is 1. The lowest BCUT2D eigenvalue weighted by molar-refractivity contribution is 0.0698. The van der Waals surface area contributed by atoms with Crippen LogP contribution in [0.3, 0.4) is 0 Å². The monoisotopic (exact) mass is 275 g/mol. The summed E-state index contributed by atoms with van der Waals surface area (Å²) in [6, 6.07) is 4.91. The molecule has 0 saturated carbocycles. The van der Waals surface area contributed by atoms with Crippen LogP contribution in [0.4, 0.5) is 0 Å². The summed E-state index contributed by atoms with van der Waals surface area (Å²) in [5, 5.41) is 9.26. The molecule has 20 heavy (non-hydrogen) atoms. The molecule has 1 aromatic carbocycles. The fourth-order valence-corrected chi connectivity index (χ4v) is 2.85. The molecule has 2 aromatic rings. The number of carboxylic acids is 1. The van der Waals surface area contributed by atoms with E-state index in [9.17, 15) is 14.7 Å². The summed E-state index contributed by atoms with van der Waals surface area (Å²) in [5.74, 6) is -1.01. The molecular weight excluding hydrogens is 258 g/mol. The number of H-pyrrole nitrogens is 1. The third kappa shape index (κ3) is 2.22. The van der Waals surface area contributed by atoms with E-state index in [-0.39, 0.29) is 11.3 Å². The molecule has 1 aliphatic heterocycles. The summed E-state index contributed by atoms with van der Waals surface area (Å²) < 4.78 is 1.54. The van der Waals surface area contributed by atoms with Crippen molar-refractivity contribution >= 4 is 17.0 Å². The van der Waals surface area contributed by atoms with Gasteiger partial charge in [0.1, 0.15) is 0 Å². The van der Waals surface area contributed by atoms with E-state index in [4.69, 9.17) is 0 Å². The smallest absolute Gasteiger partial charge is 0.337 e. The van der Waals surface area contributed by atoms with Gasteiger partial charge in [0, 0.05) is 13.1 Å². The van der Waals surface area contributed by atoms with Crippen molar-refractivity contribution < 1.29 is 9.90 Å². The number of hydrogen-bond acceptors (Lipinski definition) is 3. The van der Waals surface area contributed by atoms with Gasteiger partial charge in [0.2, 0.25) is 0 Å². The van der Waals surface area contributed by atoms with E-state index >= 15 is 0 Å². The van der Waals surface area contributed by atoms with E-state index in [2.05, 4.69) is 9.88 Å². The van der Waals surface area contributed by atoms with Gasteiger partial charge in [-0.25, -0.2) is 9.59 Å². The van der Waals surface area contributed by atoms with Gasteiger partial charge in [-0.3, -0.25) is 4.57 Å². The minimum absolute atomic E-state index is 0.169. The van der Waals surface area contributed by atoms with Gasteiger partial charge >= 0.3 is 11.7 Å². The number of likely N-dealkylation sites (tertiary alicyclic amines) is 1. The van der Waals surface area contributed by atoms with Gasteiger partial charge in [0.25, 0.3) is 0 Å². The van der Waals surface area contributed by atoms with Crippen molar-refractivity contribution in [2.75, 3.05) is 19.6 Å². The highest BCUT2D eigenvalue weighted by atomic mass is 16.4. The predicted octanol–water partition coefficient (Wildman–Crippen LogP) is 1.12. The van der Waals surface area contributed by atoms with Gasteiger partial charge in [-0.05, 0) is 38.1 Å². The maximum Gasteiger partial charge on any atom is 0.337 e. The van der Waals surface area contributed by atoms with Crippen molar-refractivity contribution in [1.82, 2.24) is 14.5 Å². The molecule has 6 nitrogen and oxygen atoms in total. The van der Waals surface area contributed by atoms with E-state index in [1.54, 1.807) is 12.1 Å². The normalized spacial score (nSPS) is 16.0. The summed E-state index contributed by atoms with van der Waals surface area (Å²) in [7, 11) is 0. The number of nitrogens with zero attached hydrogens (tertiary/aromatic N) is 2. The fourth-order valence-electron chi connectivity index (χ4n) is 2.85. The van der Waals surface area contributed by atoms with Gasteiger partial charge in [0.05, 0.1) is 16.6 Å². The highest BCUT2D eigenvalue weighted by Crippen LogP contribution is 2.16. The molecule has 1 aliphatic rings. The molecule has 2 heterocycles. The molecule has 0 unspecified atom stereocenters. The first-order valence-corrected chi connectivity index (χ1v) is 6.84. The zero-order chi connectivity index (χ0) is 14.1. The number of nitrogens with one attached hydrogen (secondary N) is 1. The number of hydrogen-bond donors (Lipinski definition) is 2. The van der Waals surface area contributed by atoms with Crippen molar-refractivity contribution in [3.8, 4) is 0 Å². The fraction of sp³-hybridized carbons (Fsp3) is 0.429. The van der Waals surface area contributed by atoms with Gasteiger partial charge in [-0.1, -0.05) is 6.07 Å². The molecule has 0 atom stereocenters. The largest absolute Gasteiger partial charge is 0.478 e. The first-order valence-electron chi connectivity index (χ1n) is 6.84. The Morgan fingerprint density at radius 2 is 2.00 bits per heavy atom. The van der Waals surface area contributed by atoms with E-state index in [0.717, 1.165) is 19.6 Å². The molecule has 0 radical (unpaired) electrons. The van der Waals surface area contributed by atoms with Crippen LogP contribution in [0.5, 0.6) is 0 Å². The van der Waals surface area contributed by atoms with Crippen LogP contribution < -0.4 is 5.69 Å². The van der Waals surface area contributed by atoms with Crippen LogP contribution in [0, 0.1) is 0 Å². The summed E-state index contributed by atoms with van der Waals surface area (Å²) in [5.41, 5.74) is 0.996. The lowest BCUT2D eigenvalue weighted by atomic mass is 10.2. The van der Waals surface area contributed by atoms with Gasteiger partial charge in [-0.15, -0.1) is 0 Å². The number of aromatic nitrogens is 2. The average molecular weight is 275 g/mol. The molecule has 6 heteroatoms. The molecule has 0 amide bonds. The number of benzene rings is 1. The molecule has 2 N–H and O–H groups in total. The molecule has 106 valence electrons. The zero-order valence-corrected chi connectivity index (χ0v) is 11.1. The van der Waals surface area contributed by atoms with Crippen LogP contribution in [-0.4, -0.2) is 45.2 Å². The highest BCUT2D eigenvalue weighted by Gasteiger charge is 2.17. The molecule has 0 bridgehead atoms. The van der Waals surface area contributed by atoms with E-state index in [0.29, 0.717) is 17.6 Å². The number of carbonyl (C=O) groups is 1. The Hall–Kier alpha value is -2.08. The van der Waals surface area contributed by atoms with Gasteiger partial charge in [0.15, 0.2) is 0 Å². The lowest BCUT2D eigenvalue weighted by Gasteiger charge is -2.14. The third-order valence-corrected chi connectivity index (χ3v) is 3.86. The number of aromatic carboxylic acids is 1. The average Bonchev–Trinajstić information content (AvgIpc) is 3.02. The third-order valence-electron chi connectivity index (χ3n) is 3.86. The standard InChI is InChI=1S/C14H17N3O3/c18-13(19)10-4-3-5-11-12(10)17(14(20)15-11)9-8-16-6-1-2-7-16/h3-5H,1-2,6-9H2,(H,15,20)(H,18,19). The van der Waals surface area contributed by atoms with Crippen molar-refractivity contribution in [2.45, 2.75) is 19.4 Å². The Morgan fingerprint density at radius 3 is 2.70 bits per heavy atom. The molecule has 1 aromatic heterocycles.